The second-order valence-corrected chi connectivity index (χ2v) is 12.2. The lowest BCUT2D eigenvalue weighted by Gasteiger charge is -2.32. The Kier molecular flexibility index (Phi) is 11.7. The second-order valence-electron chi connectivity index (χ2n) is 9.87. The largest absolute Gasteiger partial charge is 0.497 e. The highest BCUT2D eigenvalue weighted by Gasteiger charge is 2.33. The van der Waals surface area contributed by atoms with Gasteiger partial charge in [0, 0.05) is 23.7 Å². The van der Waals surface area contributed by atoms with E-state index < -0.39 is 28.5 Å². The Balaban J connectivity index is 2.06. The molecule has 0 aliphatic heterocycles. The van der Waals surface area contributed by atoms with Crippen LogP contribution in [0.2, 0.25) is 5.02 Å². The van der Waals surface area contributed by atoms with Crippen LogP contribution in [0.1, 0.15) is 32.8 Å². The molecule has 0 radical (unpaired) electrons. The molecule has 0 saturated heterocycles. The van der Waals surface area contributed by atoms with Gasteiger partial charge in [0.05, 0.1) is 31.9 Å². The molecule has 0 fully saturated rings. The van der Waals surface area contributed by atoms with Gasteiger partial charge >= 0.3 is 0 Å². The van der Waals surface area contributed by atoms with Crippen LogP contribution in [-0.2, 0) is 26.2 Å². The minimum atomic E-state index is -4.31. The Morgan fingerprint density at radius 3 is 2.07 bits per heavy atom. The van der Waals surface area contributed by atoms with E-state index in [2.05, 4.69) is 5.32 Å². The molecule has 0 bridgehead atoms. The molecule has 0 spiro atoms. The number of nitrogens with one attached hydrogen (secondary N) is 1. The SMILES string of the molecule is CC[C@@H](C)NC(=O)[C@H](C)N(Cc1ccc(OC)cc1)C(=O)CN(c1ccc(Cl)cc1)S(=O)(=O)c1ccc(OC)c(OC)c1. The zero-order chi connectivity index (χ0) is 31.7. The lowest BCUT2D eigenvalue weighted by molar-refractivity contribution is -0.139. The number of hydrogen-bond acceptors (Lipinski definition) is 7. The van der Waals surface area contributed by atoms with Crippen LogP contribution < -0.4 is 23.8 Å². The van der Waals surface area contributed by atoms with Gasteiger partial charge in [-0.15, -0.1) is 0 Å². The standard InChI is InChI=1S/C31H38ClN3O7S/c1-7-21(2)33-31(37)22(3)34(19-23-8-14-26(40-4)15-9-23)30(36)20-35(25-12-10-24(32)11-13-25)43(38,39)27-16-17-28(41-5)29(18-27)42-6/h8-18,21-22H,7,19-20H2,1-6H3,(H,33,37)/t21-,22+/m1/s1. The molecule has 0 aliphatic carbocycles. The number of nitrogens with zero attached hydrogens (tertiary/aromatic N) is 2. The van der Waals surface area contributed by atoms with Gasteiger partial charge in [0.2, 0.25) is 11.8 Å². The Morgan fingerprint density at radius 1 is 0.884 bits per heavy atom. The third kappa shape index (κ3) is 8.32. The van der Waals surface area contributed by atoms with E-state index in [1.165, 1.54) is 61.6 Å². The molecule has 0 aromatic heterocycles. The molecule has 0 aliphatic rings. The van der Waals surface area contributed by atoms with Crippen molar-refractivity contribution in [1.29, 1.82) is 0 Å². The quantitative estimate of drug-likeness (QED) is 0.269. The molecule has 3 aromatic rings. The van der Waals surface area contributed by atoms with E-state index in [-0.39, 0.29) is 34.8 Å². The molecular weight excluding hydrogens is 594 g/mol. The number of anilines is 1. The van der Waals surface area contributed by atoms with Crippen molar-refractivity contribution < 1.29 is 32.2 Å². The fourth-order valence-electron chi connectivity index (χ4n) is 4.22. The van der Waals surface area contributed by atoms with Crippen LogP contribution in [0, 0.1) is 0 Å². The number of benzene rings is 3. The van der Waals surface area contributed by atoms with Gasteiger partial charge < -0.3 is 24.4 Å². The molecule has 43 heavy (non-hydrogen) atoms. The van der Waals surface area contributed by atoms with Crippen LogP contribution in [-0.4, -0.2) is 65.1 Å². The number of carbonyl (C=O) groups is 2. The summed E-state index contributed by atoms with van der Waals surface area (Å²) < 4.78 is 45.0. The van der Waals surface area contributed by atoms with Gasteiger partial charge in [-0.2, -0.15) is 0 Å². The summed E-state index contributed by atoms with van der Waals surface area (Å²) >= 11 is 6.09. The van der Waals surface area contributed by atoms with Crippen molar-refractivity contribution in [3.8, 4) is 17.2 Å². The lowest BCUT2D eigenvalue weighted by Crippen LogP contribution is -2.52. The Labute approximate surface area is 258 Å². The summed E-state index contributed by atoms with van der Waals surface area (Å²) in [5.41, 5.74) is 0.951. The van der Waals surface area contributed by atoms with Crippen LogP contribution in [0.25, 0.3) is 0 Å². The summed E-state index contributed by atoms with van der Waals surface area (Å²) in [6.07, 6.45) is 0.707. The van der Waals surface area contributed by atoms with E-state index >= 15 is 0 Å². The highest BCUT2D eigenvalue weighted by Crippen LogP contribution is 2.32. The predicted octanol–water partition coefficient (Wildman–Crippen LogP) is 4.89. The van der Waals surface area contributed by atoms with Gasteiger partial charge in [0.25, 0.3) is 10.0 Å². The molecule has 10 nitrogen and oxygen atoms in total. The summed E-state index contributed by atoms with van der Waals surface area (Å²) in [5.74, 6) is 0.266. The van der Waals surface area contributed by atoms with Crippen LogP contribution in [0.4, 0.5) is 5.69 Å². The van der Waals surface area contributed by atoms with E-state index in [4.69, 9.17) is 25.8 Å². The summed E-state index contributed by atoms with van der Waals surface area (Å²) in [4.78, 5) is 28.5. The van der Waals surface area contributed by atoms with E-state index in [0.29, 0.717) is 22.9 Å². The van der Waals surface area contributed by atoms with Gasteiger partial charge in [-0.25, -0.2) is 8.42 Å². The molecule has 0 unspecified atom stereocenters. The predicted molar refractivity (Wildman–Crippen MR) is 166 cm³/mol. The first kappa shape index (κ1) is 33.5. The minimum Gasteiger partial charge on any atom is -0.497 e. The number of hydrogen-bond donors (Lipinski definition) is 1. The molecule has 0 heterocycles. The first-order valence-electron chi connectivity index (χ1n) is 13.7. The Morgan fingerprint density at radius 2 is 1.51 bits per heavy atom. The fraction of sp³-hybridized carbons (Fsp3) is 0.355. The van der Waals surface area contributed by atoms with Crippen molar-refractivity contribution in [2.24, 2.45) is 0 Å². The zero-order valence-corrected chi connectivity index (χ0v) is 26.7. The third-order valence-corrected chi connectivity index (χ3v) is 9.04. The van der Waals surface area contributed by atoms with Gasteiger partial charge in [-0.3, -0.25) is 13.9 Å². The first-order chi connectivity index (χ1) is 20.4. The van der Waals surface area contributed by atoms with E-state index in [1.807, 2.05) is 13.8 Å². The maximum Gasteiger partial charge on any atom is 0.264 e. The van der Waals surface area contributed by atoms with Gasteiger partial charge in [-0.1, -0.05) is 30.7 Å². The number of rotatable bonds is 14. The van der Waals surface area contributed by atoms with Gasteiger partial charge in [0.1, 0.15) is 18.3 Å². The molecule has 1 N–H and O–H groups in total. The van der Waals surface area contributed by atoms with Crippen LogP contribution in [0.3, 0.4) is 0 Å². The molecule has 3 rings (SSSR count). The summed E-state index contributed by atoms with van der Waals surface area (Å²) in [7, 11) is 0.0837. The third-order valence-electron chi connectivity index (χ3n) is 7.02. The van der Waals surface area contributed by atoms with Crippen LogP contribution in [0.15, 0.2) is 71.6 Å². The summed E-state index contributed by atoms with van der Waals surface area (Å²) in [6.45, 7) is 4.91. The summed E-state index contributed by atoms with van der Waals surface area (Å²) in [5, 5.41) is 3.31. The van der Waals surface area contributed by atoms with Crippen molar-refractivity contribution in [1.82, 2.24) is 10.2 Å². The number of sulfonamides is 1. The minimum absolute atomic E-state index is 0.0583. The lowest BCUT2D eigenvalue weighted by atomic mass is 10.1. The van der Waals surface area contributed by atoms with Crippen molar-refractivity contribution in [2.75, 3.05) is 32.2 Å². The normalized spacial score (nSPS) is 12.5. The number of ether oxygens (including phenoxy) is 3. The number of halogens is 1. The molecule has 12 heteroatoms. The average Bonchev–Trinajstić information content (AvgIpc) is 3.02. The monoisotopic (exact) mass is 631 g/mol. The molecule has 232 valence electrons. The Hall–Kier alpha value is -3.96. The molecule has 3 aromatic carbocycles. The Bertz CT molecular complexity index is 1500. The van der Waals surface area contributed by atoms with E-state index in [0.717, 1.165) is 9.87 Å². The fourth-order valence-corrected chi connectivity index (χ4v) is 5.77. The highest BCUT2D eigenvalue weighted by molar-refractivity contribution is 7.92. The highest BCUT2D eigenvalue weighted by atomic mass is 35.5. The smallest absolute Gasteiger partial charge is 0.264 e. The second kappa shape index (κ2) is 15.0. The number of amides is 2. The van der Waals surface area contributed by atoms with E-state index in [1.54, 1.807) is 38.3 Å². The molecule has 0 saturated carbocycles. The molecule has 2 amide bonds. The van der Waals surface area contributed by atoms with Crippen molar-refractivity contribution in [3.05, 3.63) is 77.3 Å². The van der Waals surface area contributed by atoms with Gasteiger partial charge in [-0.05, 0) is 74.4 Å². The number of methoxy groups -OCH3 is 3. The average molecular weight is 632 g/mol. The molecular formula is C31H38ClN3O7S. The zero-order valence-electron chi connectivity index (χ0n) is 25.2. The van der Waals surface area contributed by atoms with Crippen molar-refractivity contribution >= 4 is 39.1 Å². The summed E-state index contributed by atoms with van der Waals surface area (Å²) in [6, 6.07) is 16.4. The number of carbonyl (C=O) groups excluding carboxylic acids is 2. The van der Waals surface area contributed by atoms with Crippen LogP contribution in [0.5, 0.6) is 17.2 Å². The molecule has 2 atom stereocenters. The van der Waals surface area contributed by atoms with Gasteiger partial charge in [0.15, 0.2) is 11.5 Å². The van der Waals surface area contributed by atoms with Crippen LogP contribution >= 0.6 is 11.6 Å². The van der Waals surface area contributed by atoms with E-state index in [9.17, 15) is 18.0 Å². The van der Waals surface area contributed by atoms with Crippen molar-refractivity contribution in [3.63, 3.8) is 0 Å². The maximum atomic E-state index is 14.1. The van der Waals surface area contributed by atoms with Crippen molar-refractivity contribution in [2.45, 2.75) is 50.7 Å². The maximum absolute atomic E-state index is 14.1. The first-order valence-corrected chi connectivity index (χ1v) is 15.5. The topological polar surface area (TPSA) is 114 Å².